The van der Waals surface area contributed by atoms with Crippen LogP contribution in [0.3, 0.4) is 0 Å². The first-order valence-electron chi connectivity index (χ1n) is 5.47. The predicted octanol–water partition coefficient (Wildman–Crippen LogP) is 0.204. The molecule has 0 bridgehead atoms. The Morgan fingerprint density at radius 3 is 3.16 bits per heavy atom. The molecule has 0 radical (unpaired) electrons. The minimum atomic E-state index is -1.14. The molecule has 1 aromatic heterocycles. The third-order valence-corrected chi connectivity index (χ3v) is 3.03. The van der Waals surface area contributed by atoms with Crippen LogP contribution in [0.15, 0.2) is 11.0 Å². The van der Waals surface area contributed by atoms with Crippen LogP contribution in [0.5, 0.6) is 0 Å². The van der Waals surface area contributed by atoms with Crippen LogP contribution in [-0.4, -0.2) is 26.9 Å². The van der Waals surface area contributed by atoms with Crippen molar-refractivity contribution in [2.45, 2.75) is 24.7 Å². The van der Waals surface area contributed by atoms with Gasteiger partial charge in [0.05, 0.1) is 12.8 Å². The zero-order chi connectivity index (χ0) is 14.0. The summed E-state index contributed by atoms with van der Waals surface area (Å²) in [5, 5.41) is 11.4. The molecule has 0 aromatic carbocycles. The van der Waals surface area contributed by atoms with E-state index < -0.39 is 29.2 Å². The van der Waals surface area contributed by atoms with Crippen LogP contribution < -0.4 is 11.4 Å². The third kappa shape index (κ3) is 2.56. The number of aliphatic hydroxyl groups excluding tert-OH is 1. The lowest BCUT2D eigenvalue weighted by atomic mass is 10.0. The molecule has 0 amide bonds. The minimum absolute atomic E-state index is 0.367. The molecule has 0 unspecified atom stereocenters. The average Bonchev–Trinajstić information content (AvgIpc) is 2.79. The summed E-state index contributed by atoms with van der Waals surface area (Å²) in [6.45, 7) is -0.372. The lowest BCUT2D eigenvalue weighted by Gasteiger charge is -2.21. The number of nitrogen functional groups attached to an aromatic ring is 1. The molecular weight excluding hydrogens is 277 g/mol. The fourth-order valence-electron chi connectivity index (χ4n) is 1.93. The van der Waals surface area contributed by atoms with E-state index in [1.165, 1.54) is 0 Å². The van der Waals surface area contributed by atoms with E-state index in [2.05, 4.69) is 16.3 Å². The highest BCUT2D eigenvalue weighted by molar-refractivity contribution is 6.30. The topological polar surface area (TPSA) is 90.4 Å². The van der Waals surface area contributed by atoms with Crippen molar-refractivity contribution in [1.29, 1.82) is 0 Å². The van der Waals surface area contributed by atoms with Crippen molar-refractivity contribution in [3.8, 4) is 11.3 Å². The maximum Gasteiger partial charge on any atom is 0.351 e. The number of aromatic nitrogens is 2. The van der Waals surface area contributed by atoms with Gasteiger partial charge in [0, 0.05) is 5.38 Å². The van der Waals surface area contributed by atoms with Crippen molar-refractivity contribution in [3.63, 3.8) is 0 Å². The standard InChI is InChI=1S/C11H11ClFN3O3/c12-4-3-11(6-17)2-1-8(19-11)16-5-7(13)9(14)15-10(16)18/h5,8,17H,1-2,6H2,(H2,14,15,18)/t8-,11-/m1/s1. The summed E-state index contributed by atoms with van der Waals surface area (Å²) < 4.78 is 19.8. The Kier molecular flexibility index (Phi) is 3.75. The summed E-state index contributed by atoms with van der Waals surface area (Å²) in [5.74, 6) is 1.27. The van der Waals surface area contributed by atoms with Gasteiger partial charge < -0.3 is 15.6 Å². The van der Waals surface area contributed by atoms with Gasteiger partial charge >= 0.3 is 5.69 Å². The van der Waals surface area contributed by atoms with Gasteiger partial charge in [0.25, 0.3) is 0 Å². The third-order valence-electron chi connectivity index (χ3n) is 2.93. The Morgan fingerprint density at radius 2 is 2.53 bits per heavy atom. The van der Waals surface area contributed by atoms with Crippen molar-refractivity contribution in [2.24, 2.45) is 0 Å². The van der Waals surface area contributed by atoms with E-state index >= 15 is 0 Å². The maximum atomic E-state index is 13.3. The van der Waals surface area contributed by atoms with Crippen LogP contribution >= 0.6 is 11.6 Å². The second-order valence-corrected chi connectivity index (χ2v) is 4.34. The number of anilines is 1. The van der Waals surface area contributed by atoms with Gasteiger partial charge in [0.15, 0.2) is 17.2 Å². The Hall–Kier alpha value is -1.62. The molecule has 0 saturated carbocycles. The number of hydrogen-bond donors (Lipinski definition) is 2. The SMILES string of the molecule is Nc1nc(=O)n([C@H]2CC[C@@](C#CCl)(CO)O2)cc1F. The molecule has 6 nitrogen and oxygen atoms in total. The molecular formula is C11H11ClFN3O3. The first kappa shape index (κ1) is 13.8. The number of nitrogens with two attached hydrogens (primary N) is 1. The van der Waals surface area contributed by atoms with Gasteiger partial charge in [-0.25, -0.2) is 9.18 Å². The summed E-state index contributed by atoms with van der Waals surface area (Å²) in [6, 6.07) is 0. The van der Waals surface area contributed by atoms with Crippen LogP contribution in [0.4, 0.5) is 10.2 Å². The molecule has 1 saturated heterocycles. The maximum absolute atomic E-state index is 13.3. The zero-order valence-electron chi connectivity index (χ0n) is 9.77. The first-order valence-corrected chi connectivity index (χ1v) is 5.85. The van der Waals surface area contributed by atoms with E-state index in [9.17, 15) is 14.3 Å². The van der Waals surface area contributed by atoms with Gasteiger partial charge in [0.1, 0.15) is 6.23 Å². The number of nitrogens with zero attached hydrogens (tertiary/aromatic N) is 2. The lowest BCUT2D eigenvalue weighted by Crippen LogP contribution is -2.34. The van der Waals surface area contributed by atoms with Gasteiger partial charge in [-0.2, -0.15) is 4.98 Å². The van der Waals surface area contributed by atoms with Crippen LogP contribution in [0.1, 0.15) is 19.1 Å². The molecule has 0 spiro atoms. The number of hydrogen-bond acceptors (Lipinski definition) is 5. The molecule has 1 fully saturated rings. The van der Waals surface area contributed by atoms with E-state index in [1.54, 1.807) is 0 Å². The summed E-state index contributed by atoms with van der Waals surface area (Å²) in [7, 11) is 0. The molecule has 2 atom stereocenters. The van der Waals surface area contributed by atoms with Crippen LogP contribution in [-0.2, 0) is 4.74 Å². The fraction of sp³-hybridized carbons (Fsp3) is 0.455. The van der Waals surface area contributed by atoms with E-state index in [-0.39, 0.29) is 6.61 Å². The van der Waals surface area contributed by atoms with Crippen molar-refractivity contribution >= 4 is 17.4 Å². The second kappa shape index (κ2) is 5.17. The second-order valence-electron chi connectivity index (χ2n) is 4.15. The van der Waals surface area contributed by atoms with Crippen LogP contribution in [0, 0.1) is 17.1 Å². The Bertz CT molecular complexity index is 609. The van der Waals surface area contributed by atoms with Crippen molar-refractivity contribution in [1.82, 2.24) is 9.55 Å². The molecule has 2 heterocycles. The summed E-state index contributed by atoms with van der Waals surface area (Å²) in [4.78, 5) is 15.0. The highest BCUT2D eigenvalue weighted by Gasteiger charge is 2.40. The normalized spacial score (nSPS) is 25.9. The molecule has 3 N–H and O–H groups in total. The quantitative estimate of drug-likeness (QED) is 0.759. The summed E-state index contributed by atoms with van der Waals surface area (Å²) in [5.41, 5.74) is 3.33. The largest absolute Gasteiger partial charge is 0.392 e. The van der Waals surface area contributed by atoms with Crippen molar-refractivity contribution in [3.05, 3.63) is 22.5 Å². The van der Waals surface area contributed by atoms with E-state index in [0.717, 1.165) is 10.8 Å². The average molecular weight is 288 g/mol. The summed E-state index contributed by atoms with van der Waals surface area (Å²) in [6.07, 6.45) is 0.903. The van der Waals surface area contributed by atoms with Crippen molar-refractivity contribution in [2.75, 3.05) is 12.3 Å². The fourth-order valence-corrected chi connectivity index (χ4v) is 2.10. The Balaban J connectivity index is 2.33. The van der Waals surface area contributed by atoms with Crippen LogP contribution in [0.25, 0.3) is 0 Å². The van der Waals surface area contributed by atoms with Crippen molar-refractivity contribution < 1.29 is 14.2 Å². The monoisotopic (exact) mass is 287 g/mol. The van der Waals surface area contributed by atoms with E-state index in [0.29, 0.717) is 12.8 Å². The molecule has 8 heteroatoms. The lowest BCUT2D eigenvalue weighted by molar-refractivity contribution is -0.0651. The minimum Gasteiger partial charge on any atom is -0.392 e. The molecule has 1 aliphatic rings. The number of ether oxygens (including phenoxy) is 1. The van der Waals surface area contributed by atoms with Gasteiger partial charge in [-0.15, -0.1) is 0 Å². The van der Waals surface area contributed by atoms with Crippen LogP contribution in [0.2, 0.25) is 0 Å². The number of halogens is 2. The molecule has 102 valence electrons. The molecule has 19 heavy (non-hydrogen) atoms. The Morgan fingerprint density at radius 1 is 1.79 bits per heavy atom. The molecule has 0 aliphatic carbocycles. The number of aliphatic hydroxyl groups is 1. The van der Waals surface area contributed by atoms with Gasteiger partial charge in [-0.3, -0.25) is 4.57 Å². The van der Waals surface area contributed by atoms with Gasteiger partial charge in [-0.1, -0.05) is 0 Å². The highest BCUT2D eigenvalue weighted by atomic mass is 35.5. The highest BCUT2D eigenvalue weighted by Crippen LogP contribution is 2.35. The predicted molar refractivity (Wildman–Crippen MR) is 65.7 cm³/mol. The van der Waals surface area contributed by atoms with E-state index in [4.69, 9.17) is 22.1 Å². The zero-order valence-corrected chi connectivity index (χ0v) is 10.5. The Labute approximate surface area is 113 Å². The number of rotatable bonds is 2. The first-order chi connectivity index (χ1) is 9.01. The molecule has 2 rings (SSSR count). The van der Waals surface area contributed by atoms with Gasteiger partial charge in [-0.05, 0) is 30.4 Å². The van der Waals surface area contributed by atoms with E-state index in [1.807, 2.05) is 0 Å². The molecule has 1 aliphatic heterocycles. The van der Waals surface area contributed by atoms with Gasteiger partial charge in [0.2, 0.25) is 0 Å². The summed E-state index contributed by atoms with van der Waals surface area (Å²) >= 11 is 5.31. The smallest absolute Gasteiger partial charge is 0.351 e. The molecule has 1 aromatic rings.